The first kappa shape index (κ1) is 26.9. The van der Waals surface area contributed by atoms with Crippen molar-refractivity contribution in [1.29, 1.82) is 0 Å². The summed E-state index contributed by atoms with van der Waals surface area (Å²) in [6, 6.07) is 7.20. The fraction of sp³-hybridized carbons (Fsp3) is 0.682. The Bertz CT molecular complexity index is 598. The molecule has 1 aromatic rings. The molecule has 1 aromatic carbocycles. The van der Waals surface area contributed by atoms with Gasteiger partial charge in [0.05, 0.1) is 26.4 Å². The molecule has 2 N–H and O–H groups in total. The lowest BCUT2D eigenvalue weighted by molar-refractivity contribution is 0.0497. The van der Waals surface area contributed by atoms with E-state index < -0.39 is 0 Å². The molecule has 8 heteroatoms. The Kier molecular flexibility index (Phi) is 14.8. The molecule has 0 spiro atoms. The highest BCUT2D eigenvalue weighted by molar-refractivity contribution is 14.0. The summed E-state index contributed by atoms with van der Waals surface area (Å²) >= 11 is 0. The van der Waals surface area contributed by atoms with Crippen LogP contribution in [-0.2, 0) is 9.47 Å². The molecular formula is C22H38FIN4O2. The van der Waals surface area contributed by atoms with E-state index in [4.69, 9.17) is 9.47 Å². The summed E-state index contributed by atoms with van der Waals surface area (Å²) < 4.78 is 24.5. The summed E-state index contributed by atoms with van der Waals surface area (Å²) in [6.07, 6.45) is 4.24. The number of piperidine rings is 1. The zero-order valence-electron chi connectivity index (χ0n) is 18.4. The molecule has 2 rings (SSSR count). The SMILES string of the molecule is CCCCOCCOCCN=C(NCC)NC1CCN(c2cccc(F)c2)CC1.I. The molecule has 1 aliphatic rings. The van der Waals surface area contributed by atoms with Crippen LogP contribution in [0.2, 0.25) is 0 Å². The van der Waals surface area contributed by atoms with E-state index in [1.54, 1.807) is 12.1 Å². The average Bonchev–Trinajstić information content (AvgIpc) is 2.73. The molecule has 0 unspecified atom stereocenters. The van der Waals surface area contributed by atoms with Crippen LogP contribution in [0, 0.1) is 5.82 Å². The summed E-state index contributed by atoms with van der Waals surface area (Å²) in [6.45, 7) is 10.1. The van der Waals surface area contributed by atoms with Crippen LogP contribution >= 0.6 is 24.0 Å². The molecule has 1 aliphatic heterocycles. The van der Waals surface area contributed by atoms with E-state index in [1.165, 1.54) is 6.07 Å². The van der Waals surface area contributed by atoms with Gasteiger partial charge in [-0.05, 0) is 44.4 Å². The zero-order valence-corrected chi connectivity index (χ0v) is 20.7. The second kappa shape index (κ2) is 16.5. The lowest BCUT2D eigenvalue weighted by Crippen LogP contribution is -2.48. The Morgan fingerprint density at radius 2 is 1.87 bits per heavy atom. The highest BCUT2D eigenvalue weighted by Gasteiger charge is 2.20. The van der Waals surface area contributed by atoms with Gasteiger partial charge in [0.25, 0.3) is 0 Å². The number of guanidine groups is 1. The monoisotopic (exact) mass is 536 g/mol. The number of hydrogen-bond acceptors (Lipinski definition) is 4. The maximum absolute atomic E-state index is 13.4. The summed E-state index contributed by atoms with van der Waals surface area (Å²) in [5.74, 6) is 0.651. The third-order valence-corrected chi connectivity index (χ3v) is 4.87. The highest BCUT2D eigenvalue weighted by Crippen LogP contribution is 2.20. The van der Waals surface area contributed by atoms with Crippen molar-refractivity contribution in [3.63, 3.8) is 0 Å². The van der Waals surface area contributed by atoms with Gasteiger partial charge in [-0.1, -0.05) is 19.4 Å². The number of rotatable bonds is 12. The van der Waals surface area contributed by atoms with E-state index in [0.29, 0.717) is 32.4 Å². The standard InChI is InChI=1S/C22H37FN4O2.HI/c1-3-5-14-28-16-17-29-15-11-25-22(24-4-2)26-20-9-12-27(13-10-20)21-8-6-7-19(23)18-21;/h6-8,18,20H,3-5,9-17H2,1-2H3,(H2,24,25,26);1H. The van der Waals surface area contributed by atoms with Crippen LogP contribution in [0.5, 0.6) is 0 Å². The summed E-state index contributed by atoms with van der Waals surface area (Å²) in [5.41, 5.74) is 0.958. The Morgan fingerprint density at radius 3 is 2.53 bits per heavy atom. The predicted octanol–water partition coefficient (Wildman–Crippen LogP) is 3.80. The number of nitrogens with one attached hydrogen (secondary N) is 2. The molecule has 172 valence electrons. The van der Waals surface area contributed by atoms with Gasteiger partial charge >= 0.3 is 0 Å². The molecule has 30 heavy (non-hydrogen) atoms. The van der Waals surface area contributed by atoms with Crippen molar-refractivity contribution in [2.45, 2.75) is 45.6 Å². The summed E-state index contributed by atoms with van der Waals surface area (Å²) in [4.78, 5) is 6.85. The topological polar surface area (TPSA) is 58.1 Å². The van der Waals surface area contributed by atoms with Gasteiger partial charge < -0.3 is 25.0 Å². The maximum Gasteiger partial charge on any atom is 0.191 e. The van der Waals surface area contributed by atoms with Crippen molar-refractivity contribution in [3.05, 3.63) is 30.1 Å². The number of benzene rings is 1. The molecule has 6 nitrogen and oxygen atoms in total. The van der Waals surface area contributed by atoms with E-state index >= 15 is 0 Å². The van der Waals surface area contributed by atoms with E-state index in [-0.39, 0.29) is 29.8 Å². The molecule has 0 aliphatic carbocycles. The molecule has 0 saturated carbocycles. The number of aliphatic imine (C=N–C) groups is 1. The zero-order chi connectivity index (χ0) is 20.7. The Balaban J connectivity index is 0.00000450. The number of unbranched alkanes of at least 4 members (excludes halogenated alkanes) is 1. The largest absolute Gasteiger partial charge is 0.379 e. The molecule has 0 aromatic heterocycles. The van der Waals surface area contributed by atoms with Crippen LogP contribution < -0.4 is 15.5 Å². The Hall–Kier alpha value is -1.13. The van der Waals surface area contributed by atoms with Gasteiger partial charge in [0.15, 0.2) is 5.96 Å². The first-order chi connectivity index (χ1) is 14.2. The van der Waals surface area contributed by atoms with Crippen molar-refractivity contribution in [2.75, 3.05) is 57.5 Å². The summed E-state index contributed by atoms with van der Waals surface area (Å²) in [7, 11) is 0. The van der Waals surface area contributed by atoms with Crippen molar-refractivity contribution < 1.29 is 13.9 Å². The van der Waals surface area contributed by atoms with Crippen LogP contribution in [0.25, 0.3) is 0 Å². The van der Waals surface area contributed by atoms with E-state index in [0.717, 1.165) is 63.6 Å². The van der Waals surface area contributed by atoms with Gasteiger partial charge in [-0.2, -0.15) is 0 Å². The molecule has 0 radical (unpaired) electrons. The first-order valence-corrected chi connectivity index (χ1v) is 10.9. The molecule has 0 atom stereocenters. The Morgan fingerprint density at radius 1 is 1.13 bits per heavy atom. The summed E-state index contributed by atoms with van der Waals surface area (Å²) in [5, 5.41) is 6.82. The minimum atomic E-state index is -0.181. The van der Waals surface area contributed by atoms with Crippen molar-refractivity contribution in [3.8, 4) is 0 Å². The lowest BCUT2D eigenvalue weighted by Gasteiger charge is -2.34. The minimum Gasteiger partial charge on any atom is -0.379 e. The normalized spacial score (nSPS) is 15.0. The van der Waals surface area contributed by atoms with Crippen LogP contribution in [0.1, 0.15) is 39.5 Å². The average molecular weight is 536 g/mol. The second-order valence-electron chi connectivity index (χ2n) is 7.22. The molecule has 1 heterocycles. The quantitative estimate of drug-likeness (QED) is 0.184. The van der Waals surface area contributed by atoms with E-state index in [2.05, 4.69) is 34.4 Å². The maximum atomic E-state index is 13.4. The van der Waals surface area contributed by atoms with Gasteiger partial charge in [-0.25, -0.2) is 4.39 Å². The third-order valence-electron chi connectivity index (χ3n) is 4.87. The van der Waals surface area contributed by atoms with Crippen LogP contribution in [-0.4, -0.2) is 64.6 Å². The molecular weight excluding hydrogens is 498 g/mol. The van der Waals surface area contributed by atoms with Crippen molar-refractivity contribution in [1.82, 2.24) is 10.6 Å². The predicted molar refractivity (Wildman–Crippen MR) is 133 cm³/mol. The number of halogens is 2. The molecule has 1 fully saturated rings. The van der Waals surface area contributed by atoms with Crippen molar-refractivity contribution in [2.24, 2.45) is 4.99 Å². The Labute approximate surface area is 198 Å². The first-order valence-electron chi connectivity index (χ1n) is 10.9. The van der Waals surface area contributed by atoms with Gasteiger partial charge in [-0.3, -0.25) is 4.99 Å². The van der Waals surface area contributed by atoms with Crippen LogP contribution in [0.3, 0.4) is 0 Å². The van der Waals surface area contributed by atoms with Crippen LogP contribution in [0.15, 0.2) is 29.3 Å². The lowest BCUT2D eigenvalue weighted by atomic mass is 10.0. The number of nitrogens with zero attached hydrogens (tertiary/aromatic N) is 2. The third kappa shape index (κ3) is 10.8. The number of hydrogen-bond donors (Lipinski definition) is 2. The van der Waals surface area contributed by atoms with E-state index in [1.807, 2.05) is 6.07 Å². The van der Waals surface area contributed by atoms with Gasteiger partial charge in [0.1, 0.15) is 5.82 Å². The number of ether oxygens (including phenoxy) is 2. The molecule has 0 bridgehead atoms. The van der Waals surface area contributed by atoms with E-state index in [9.17, 15) is 4.39 Å². The number of anilines is 1. The molecule has 0 amide bonds. The van der Waals surface area contributed by atoms with Crippen molar-refractivity contribution >= 4 is 35.6 Å². The highest BCUT2D eigenvalue weighted by atomic mass is 127. The fourth-order valence-electron chi connectivity index (χ4n) is 3.26. The van der Waals surface area contributed by atoms with Gasteiger partial charge in [0, 0.05) is 38.0 Å². The molecule has 1 saturated heterocycles. The van der Waals surface area contributed by atoms with Gasteiger partial charge in [-0.15, -0.1) is 24.0 Å². The van der Waals surface area contributed by atoms with Gasteiger partial charge in [0.2, 0.25) is 0 Å². The fourth-order valence-corrected chi connectivity index (χ4v) is 3.26. The minimum absolute atomic E-state index is 0. The van der Waals surface area contributed by atoms with Crippen LogP contribution in [0.4, 0.5) is 10.1 Å². The smallest absolute Gasteiger partial charge is 0.191 e. The second-order valence-corrected chi connectivity index (χ2v) is 7.22.